The predicted molar refractivity (Wildman–Crippen MR) is 116 cm³/mol. The zero-order valence-electron chi connectivity index (χ0n) is 17.8. The Balaban J connectivity index is 1.81. The van der Waals surface area contributed by atoms with Gasteiger partial charge in [-0.3, -0.25) is 4.79 Å². The molecule has 1 amide bonds. The van der Waals surface area contributed by atoms with Crippen LogP contribution in [0.1, 0.15) is 59.7 Å². The molecule has 0 unspecified atom stereocenters. The molecule has 0 spiro atoms. The molecule has 2 aromatic rings. The maximum atomic E-state index is 12.2. The van der Waals surface area contributed by atoms with E-state index in [9.17, 15) is 9.59 Å². The highest BCUT2D eigenvalue weighted by atomic mass is 16.5. The van der Waals surface area contributed by atoms with Crippen molar-refractivity contribution in [2.24, 2.45) is 0 Å². The lowest BCUT2D eigenvalue weighted by Crippen LogP contribution is -2.20. The minimum Gasteiger partial charge on any atom is -0.483 e. The van der Waals surface area contributed by atoms with Crippen LogP contribution in [0.4, 0.5) is 5.69 Å². The van der Waals surface area contributed by atoms with Crippen molar-refractivity contribution in [2.75, 3.05) is 18.5 Å². The number of esters is 1. The number of amides is 1. The number of carbonyl (C=O) groups excluding carboxylic acids is 2. The van der Waals surface area contributed by atoms with Crippen molar-refractivity contribution in [1.29, 1.82) is 0 Å². The lowest BCUT2D eigenvalue weighted by Gasteiger charge is -2.12. The number of nitrogens with one attached hydrogen (secondary N) is 1. The zero-order chi connectivity index (χ0) is 21.2. The molecule has 0 aromatic heterocycles. The molecule has 0 aliphatic rings. The highest BCUT2D eigenvalue weighted by Crippen LogP contribution is 2.23. The molecule has 2 rings (SSSR count). The van der Waals surface area contributed by atoms with Gasteiger partial charge in [-0.25, -0.2) is 4.79 Å². The van der Waals surface area contributed by atoms with E-state index in [2.05, 4.69) is 18.3 Å². The summed E-state index contributed by atoms with van der Waals surface area (Å²) in [6, 6.07) is 10.7. The number of anilines is 1. The minimum absolute atomic E-state index is 0.0781. The molecular weight excluding hydrogens is 366 g/mol. The molecule has 0 heterocycles. The summed E-state index contributed by atoms with van der Waals surface area (Å²) in [4.78, 5) is 24.2. The molecule has 0 aliphatic carbocycles. The molecule has 0 radical (unpaired) electrons. The molecule has 0 atom stereocenters. The van der Waals surface area contributed by atoms with Crippen LogP contribution in [0.25, 0.3) is 0 Å². The summed E-state index contributed by atoms with van der Waals surface area (Å²) in [6.07, 6.45) is 4.25. The van der Waals surface area contributed by atoms with Crippen LogP contribution in [0.15, 0.2) is 36.4 Å². The molecule has 0 saturated heterocycles. The average molecular weight is 398 g/mol. The number of carbonyl (C=O) groups is 2. The Morgan fingerprint density at radius 1 is 0.966 bits per heavy atom. The van der Waals surface area contributed by atoms with Crippen molar-refractivity contribution in [3.63, 3.8) is 0 Å². The Bertz CT molecular complexity index is 828. The zero-order valence-corrected chi connectivity index (χ0v) is 17.8. The third-order valence-corrected chi connectivity index (χ3v) is 4.76. The Labute approximate surface area is 173 Å². The van der Waals surface area contributed by atoms with Gasteiger partial charge in [0.2, 0.25) is 0 Å². The van der Waals surface area contributed by atoms with Crippen LogP contribution in [0.2, 0.25) is 0 Å². The monoisotopic (exact) mass is 397 g/mol. The molecule has 0 saturated carbocycles. The first-order valence-electron chi connectivity index (χ1n) is 10.2. The number of hydrogen-bond acceptors (Lipinski definition) is 4. The summed E-state index contributed by atoms with van der Waals surface area (Å²) >= 11 is 0. The number of unbranched alkanes of at least 4 members (excludes halogenated alkanes) is 3. The van der Waals surface area contributed by atoms with Crippen molar-refractivity contribution in [3.05, 3.63) is 58.7 Å². The minimum atomic E-state index is -0.340. The van der Waals surface area contributed by atoms with E-state index < -0.39 is 0 Å². The molecule has 1 N–H and O–H groups in total. The second kappa shape index (κ2) is 11.2. The van der Waals surface area contributed by atoms with Gasteiger partial charge in [0.1, 0.15) is 5.75 Å². The van der Waals surface area contributed by atoms with E-state index in [1.165, 1.54) is 0 Å². The predicted octanol–water partition coefficient (Wildman–Crippen LogP) is 5.37. The number of rotatable bonds is 10. The van der Waals surface area contributed by atoms with Gasteiger partial charge in [0.15, 0.2) is 6.61 Å². The smallest absolute Gasteiger partial charge is 0.338 e. The molecule has 0 aliphatic heterocycles. The normalized spacial score (nSPS) is 10.5. The Morgan fingerprint density at radius 2 is 1.69 bits per heavy atom. The van der Waals surface area contributed by atoms with Gasteiger partial charge >= 0.3 is 5.97 Å². The summed E-state index contributed by atoms with van der Waals surface area (Å²) in [7, 11) is 0. The number of ether oxygens (including phenoxy) is 2. The molecule has 0 fully saturated rings. The van der Waals surface area contributed by atoms with Gasteiger partial charge in [-0.1, -0.05) is 32.3 Å². The van der Waals surface area contributed by atoms with Crippen LogP contribution in [0.3, 0.4) is 0 Å². The first-order valence-corrected chi connectivity index (χ1v) is 10.2. The quantitative estimate of drug-likeness (QED) is 0.433. The van der Waals surface area contributed by atoms with E-state index in [1.807, 2.05) is 26.8 Å². The van der Waals surface area contributed by atoms with E-state index in [0.717, 1.165) is 48.1 Å². The van der Waals surface area contributed by atoms with E-state index >= 15 is 0 Å². The van der Waals surface area contributed by atoms with Gasteiger partial charge in [0.05, 0.1) is 12.2 Å². The summed E-state index contributed by atoms with van der Waals surface area (Å²) in [5.74, 6) is 0.123. The highest BCUT2D eigenvalue weighted by molar-refractivity contribution is 5.93. The summed E-state index contributed by atoms with van der Waals surface area (Å²) in [5.41, 5.74) is 4.33. The standard InChI is InChI=1S/C24H31NO4/c1-5-6-7-8-13-28-24(27)20-9-11-21(12-10-20)25-23(26)16-29-22-15-17(2)14-18(3)19(22)4/h9-12,14-15H,5-8,13,16H2,1-4H3,(H,25,26). The molecule has 0 bridgehead atoms. The van der Waals surface area contributed by atoms with Gasteiger partial charge in [-0.2, -0.15) is 0 Å². The van der Waals surface area contributed by atoms with E-state index in [4.69, 9.17) is 9.47 Å². The van der Waals surface area contributed by atoms with Gasteiger partial charge in [-0.15, -0.1) is 0 Å². The lowest BCUT2D eigenvalue weighted by molar-refractivity contribution is -0.118. The second-order valence-corrected chi connectivity index (χ2v) is 7.32. The van der Waals surface area contributed by atoms with Crippen molar-refractivity contribution >= 4 is 17.6 Å². The Kier molecular flexibility index (Phi) is 8.71. The van der Waals surface area contributed by atoms with E-state index in [1.54, 1.807) is 24.3 Å². The largest absolute Gasteiger partial charge is 0.483 e. The SMILES string of the molecule is CCCCCCOC(=O)c1ccc(NC(=O)COc2cc(C)cc(C)c2C)cc1. The first-order chi connectivity index (χ1) is 13.9. The molecular formula is C24H31NO4. The third kappa shape index (κ3) is 7.26. The summed E-state index contributed by atoms with van der Waals surface area (Å²) in [5, 5.41) is 2.78. The van der Waals surface area contributed by atoms with E-state index in [-0.39, 0.29) is 18.5 Å². The fourth-order valence-electron chi connectivity index (χ4n) is 2.96. The number of benzene rings is 2. The maximum Gasteiger partial charge on any atom is 0.338 e. The van der Waals surface area contributed by atoms with Gasteiger partial charge in [0, 0.05) is 5.69 Å². The second-order valence-electron chi connectivity index (χ2n) is 7.32. The van der Waals surface area contributed by atoms with Crippen molar-refractivity contribution < 1.29 is 19.1 Å². The van der Waals surface area contributed by atoms with Crippen molar-refractivity contribution in [1.82, 2.24) is 0 Å². The average Bonchev–Trinajstić information content (AvgIpc) is 2.70. The van der Waals surface area contributed by atoms with Crippen LogP contribution < -0.4 is 10.1 Å². The third-order valence-electron chi connectivity index (χ3n) is 4.76. The number of aryl methyl sites for hydroxylation is 2. The topological polar surface area (TPSA) is 64.6 Å². The maximum absolute atomic E-state index is 12.2. The van der Waals surface area contributed by atoms with Crippen molar-refractivity contribution in [3.8, 4) is 5.75 Å². The van der Waals surface area contributed by atoms with Crippen molar-refractivity contribution in [2.45, 2.75) is 53.4 Å². The highest BCUT2D eigenvalue weighted by Gasteiger charge is 2.10. The van der Waals surface area contributed by atoms with E-state index in [0.29, 0.717) is 17.9 Å². The molecule has 156 valence electrons. The number of hydrogen-bond donors (Lipinski definition) is 1. The van der Waals surface area contributed by atoms with Crippen LogP contribution >= 0.6 is 0 Å². The summed E-state index contributed by atoms with van der Waals surface area (Å²) in [6.45, 7) is 8.49. The fraction of sp³-hybridized carbons (Fsp3) is 0.417. The van der Waals surface area contributed by atoms with Crippen LogP contribution in [0.5, 0.6) is 5.75 Å². The summed E-state index contributed by atoms with van der Waals surface area (Å²) < 4.78 is 10.9. The molecule has 5 heteroatoms. The molecule has 29 heavy (non-hydrogen) atoms. The molecule has 2 aromatic carbocycles. The van der Waals surface area contributed by atoms with Gasteiger partial charge in [0.25, 0.3) is 5.91 Å². The van der Waals surface area contributed by atoms with Crippen LogP contribution in [-0.2, 0) is 9.53 Å². The first kappa shape index (κ1) is 22.5. The lowest BCUT2D eigenvalue weighted by atomic mass is 10.1. The Hall–Kier alpha value is -2.82. The Morgan fingerprint density at radius 3 is 2.38 bits per heavy atom. The van der Waals surface area contributed by atoms with Crippen LogP contribution in [-0.4, -0.2) is 25.1 Å². The molecule has 5 nitrogen and oxygen atoms in total. The van der Waals surface area contributed by atoms with Gasteiger partial charge in [-0.05, 0) is 74.2 Å². The fourth-order valence-corrected chi connectivity index (χ4v) is 2.96. The van der Waals surface area contributed by atoms with Gasteiger partial charge < -0.3 is 14.8 Å². The van der Waals surface area contributed by atoms with Crippen LogP contribution in [0, 0.1) is 20.8 Å².